The lowest BCUT2D eigenvalue weighted by Gasteiger charge is -2.05. The molecule has 4 nitrogen and oxygen atoms in total. The molecular weight excluding hydrogens is 322 g/mol. The Hall–Kier alpha value is -3.27. The van der Waals surface area contributed by atoms with Crippen LogP contribution in [0, 0.1) is 0 Å². The van der Waals surface area contributed by atoms with Gasteiger partial charge in [0.2, 0.25) is 0 Å². The molecule has 0 atom stereocenters. The summed E-state index contributed by atoms with van der Waals surface area (Å²) < 4.78 is 10.7. The molecule has 0 fully saturated rings. The van der Waals surface area contributed by atoms with Crippen molar-refractivity contribution in [2.45, 2.75) is 0 Å². The first-order valence-corrected chi connectivity index (χ1v) is 8.25. The number of nitrogens with zero attached hydrogens (tertiary/aromatic N) is 2. The summed E-state index contributed by atoms with van der Waals surface area (Å²) in [7, 11) is 3.30. The molecule has 0 saturated carbocycles. The summed E-state index contributed by atoms with van der Waals surface area (Å²) in [5.74, 6) is 1.57. The van der Waals surface area contributed by atoms with E-state index in [4.69, 9.17) is 9.31 Å². The van der Waals surface area contributed by atoms with Crippen molar-refractivity contribution in [3.8, 4) is 11.5 Å². The van der Waals surface area contributed by atoms with Gasteiger partial charge in [-0.1, -0.05) is 36.4 Å². The van der Waals surface area contributed by atoms with Crippen LogP contribution in [0.25, 0.3) is 0 Å². The van der Waals surface area contributed by atoms with Crippen LogP contribution in [0.15, 0.2) is 82.8 Å². The molecule has 0 radical (unpaired) electrons. The molecule has 0 amide bonds. The zero-order valence-electron chi connectivity index (χ0n) is 14.8. The van der Waals surface area contributed by atoms with Crippen molar-refractivity contribution in [1.29, 1.82) is 0 Å². The molecule has 3 aromatic carbocycles. The normalized spacial score (nSPS) is 11.1. The van der Waals surface area contributed by atoms with Gasteiger partial charge in [-0.05, 0) is 36.4 Å². The zero-order valence-corrected chi connectivity index (χ0v) is 14.8. The molecule has 0 aliphatic rings. The summed E-state index contributed by atoms with van der Waals surface area (Å²) in [6.07, 6.45) is 3.58. The van der Waals surface area contributed by atoms with Gasteiger partial charge in [0, 0.05) is 23.6 Å². The highest BCUT2D eigenvalue weighted by Gasteiger charge is 2.01. The molecule has 0 aromatic heterocycles. The van der Waals surface area contributed by atoms with Crippen LogP contribution in [0.1, 0.15) is 11.1 Å². The van der Waals surface area contributed by atoms with Gasteiger partial charge >= 0.3 is 16.1 Å². The van der Waals surface area contributed by atoms with Gasteiger partial charge in [0.1, 0.15) is 11.5 Å². The van der Waals surface area contributed by atoms with E-state index in [1.165, 1.54) is 0 Å². The SMILES string of the molecule is BOc1ccccc1/C=N/c1ccccc1/N=C/c1ccccc1OB. The molecule has 0 bridgehead atoms. The van der Waals surface area contributed by atoms with E-state index in [0.29, 0.717) is 0 Å². The Bertz CT molecular complexity index is 866. The van der Waals surface area contributed by atoms with Gasteiger partial charge in [-0.25, -0.2) is 0 Å². The molecule has 0 heterocycles. The van der Waals surface area contributed by atoms with Crippen LogP contribution < -0.4 is 9.31 Å². The Kier molecular flexibility index (Phi) is 5.88. The highest BCUT2D eigenvalue weighted by molar-refractivity contribution is 6.01. The van der Waals surface area contributed by atoms with Crippen molar-refractivity contribution in [2.75, 3.05) is 0 Å². The predicted octanol–water partition coefficient (Wildman–Crippen LogP) is 3.04. The number of hydrogen-bond donors (Lipinski definition) is 0. The standard InChI is InChI=1S/C20H18B2N2O2/c21-25-19-11-5-1-7-15(19)13-23-17-9-3-4-10-18(17)24-14-16-8-2-6-12-20(16)26-22/h1-14H,21-22H2/b23-13+,24-14+. The zero-order chi connectivity index (χ0) is 18.2. The molecule has 26 heavy (non-hydrogen) atoms. The van der Waals surface area contributed by atoms with Gasteiger partial charge in [-0.2, -0.15) is 0 Å². The van der Waals surface area contributed by atoms with E-state index in [1.807, 2.05) is 72.8 Å². The Morgan fingerprint density at radius 1 is 0.577 bits per heavy atom. The Morgan fingerprint density at radius 2 is 0.962 bits per heavy atom. The van der Waals surface area contributed by atoms with E-state index in [-0.39, 0.29) is 0 Å². The van der Waals surface area contributed by atoms with Crippen molar-refractivity contribution in [3.63, 3.8) is 0 Å². The number of rotatable bonds is 6. The average Bonchev–Trinajstić information content (AvgIpc) is 2.71. The van der Waals surface area contributed by atoms with Crippen molar-refractivity contribution >= 4 is 39.9 Å². The second-order valence-corrected chi connectivity index (χ2v) is 5.49. The largest absolute Gasteiger partial charge is 0.567 e. The summed E-state index contributed by atoms with van der Waals surface area (Å²) in [6, 6.07) is 23.3. The summed E-state index contributed by atoms with van der Waals surface area (Å²) in [6.45, 7) is 0. The minimum Gasteiger partial charge on any atom is -0.567 e. The lowest BCUT2D eigenvalue weighted by atomic mass is 10.2. The maximum atomic E-state index is 5.36. The van der Waals surface area contributed by atoms with Crippen molar-refractivity contribution in [1.82, 2.24) is 0 Å². The third kappa shape index (κ3) is 4.22. The lowest BCUT2D eigenvalue weighted by molar-refractivity contribution is 0.615. The van der Waals surface area contributed by atoms with Crippen LogP contribution in [0.2, 0.25) is 0 Å². The molecule has 126 valence electrons. The van der Waals surface area contributed by atoms with Crippen LogP contribution in [0.4, 0.5) is 11.4 Å². The summed E-state index contributed by atoms with van der Waals surface area (Å²) >= 11 is 0. The maximum Gasteiger partial charge on any atom is 0.322 e. The van der Waals surface area contributed by atoms with Gasteiger partial charge in [0.15, 0.2) is 0 Å². The van der Waals surface area contributed by atoms with Crippen LogP contribution in [-0.2, 0) is 0 Å². The maximum absolute atomic E-state index is 5.36. The Labute approximate surface area is 155 Å². The fraction of sp³-hybridized carbons (Fsp3) is 0. The molecular formula is C20H18B2N2O2. The molecule has 6 heteroatoms. The van der Waals surface area contributed by atoms with E-state index < -0.39 is 0 Å². The first-order chi connectivity index (χ1) is 12.8. The van der Waals surface area contributed by atoms with Gasteiger partial charge in [-0.15, -0.1) is 0 Å². The predicted molar refractivity (Wildman–Crippen MR) is 112 cm³/mol. The minimum absolute atomic E-state index is 0.782. The molecule has 3 rings (SSSR count). The van der Waals surface area contributed by atoms with Crippen LogP contribution in [0.3, 0.4) is 0 Å². The third-order valence-electron chi connectivity index (χ3n) is 3.85. The van der Waals surface area contributed by atoms with Crippen molar-refractivity contribution < 1.29 is 9.31 Å². The Morgan fingerprint density at radius 3 is 1.38 bits per heavy atom. The molecule has 0 spiro atoms. The minimum atomic E-state index is 0.782. The highest BCUT2D eigenvalue weighted by atomic mass is 16.4. The fourth-order valence-electron chi connectivity index (χ4n) is 2.51. The van der Waals surface area contributed by atoms with Gasteiger partial charge < -0.3 is 9.31 Å². The molecule has 0 saturated heterocycles. The van der Waals surface area contributed by atoms with Crippen molar-refractivity contribution in [3.05, 3.63) is 83.9 Å². The molecule has 0 unspecified atom stereocenters. The number of hydrogen-bond acceptors (Lipinski definition) is 4. The highest BCUT2D eigenvalue weighted by Crippen LogP contribution is 2.28. The van der Waals surface area contributed by atoms with Gasteiger partial charge in [-0.3, -0.25) is 9.98 Å². The smallest absolute Gasteiger partial charge is 0.322 e. The van der Waals surface area contributed by atoms with Gasteiger partial charge in [0.05, 0.1) is 11.4 Å². The van der Waals surface area contributed by atoms with Crippen LogP contribution in [0.5, 0.6) is 11.5 Å². The third-order valence-corrected chi connectivity index (χ3v) is 3.85. The van der Waals surface area contributed by atoms with Crippen LogP contribution >= 0.6 is 0 Å². The second kappa shape index (κ2) is 8.72. The quantitative estimate of drug-likeness (QED) is 0.511. The summed E-state index contributed by atoms with van der Waals surface area (Å²) in [4.78, 5) is 9.18. The van der Waals surface area contributed by atoms with Crippen molar-refractivity contribution in [2.24, 2.45) is 9.98 Å². The molecule has 0 aliphatic carbocycles. The number of benzene rings is 3. The van der Waals surface area contributed by atoms with E-state index in [0.717, 1.165) is 34.0 Å². The monoisotopic (exact) mass is 340 g/mol. The first kappa shape index (κ1) is 17.5. The average molecular weight is 340 g/mol. The van der Waals surface area contributed by atoms with Gasteiger partial charge in [0.25, 0.3) is 0 Å². The first-order valence-electron chi connectivity index (χ1n) is 8.25. The van der Waals surface area contributed by atoms with E-state index in [9.17, 15) is 0 Å². The summed E-state index contributed by atoms with van der Waals surface area (Å²) in [5, 5.41) is 0. The number of para-hydroxylation sites is 4. The lowest BCUT2D eigenvalue weighted by Crippen LogP contribution is -1.91. The van der Waals surface area contributed by atoms with Crippen LogP contribution in [-0.4, -0.2) is 28.5 Å². The molecule has 0 N–H and O–H groups in total. The second-order valence-electron chi connectivity index (χ2n) is 5.49. The van der Waals surface area contributed by atoms with E-state index in [1.54, 1.807) is 28.5 Å². The molecule has 3 aromatic rings. The van der Waals surface area contributed by atoms with E-state index >= 15 is 0 Å². The number of aliphatic imine (C=N–C) groups is 2. The Balaban J connectivity index is 1.89. The summed E-state index contributed by atoms with van der Waals surface area (Å²) in [5.41, 5.74) is 3.39. The van der Waals surface area contributed by atoms with E-state index in [2.05, 4.69) is 9.98 Å². The molecule has 0 aliphatic heterocycles. The topological polar surface area (TPSA) is 43.2 Å². The fourth-order valence-corrected chi connectivity index (χ4v) is 2.51.